The quantitative estimate of drug-likeness (QED) is 0.850. The number of hydrogen-bond donors (Lipinski definition) is 1. The second kappa shape index (κ2) is 5.68. The van der Waals surface area contributed by atoms with Gasteiger partial charge in [0.15, 0.2) is 17.3 Å². The Bertz CT molecular complexity index is 543. The van der Waals surface area contributed by atoms with Crippen LogP contribution in [0.1, 0.15) is 49.4 Å². The van der Waals surface area contributed by atoms with Gasteiger partial charge in [-0.2, -0.15) is 0 Å². The highest BCUT2D eigenvalue weighted by molar-refractivity contribution is 6.03. The largest absolute Gasteiger partial charge is 0.490 e. The zero-order valence-electron chi connectivity index (χ0n) is 12.6. The van der Waals surface area contributed by atoms with E-state index in [1.54, 1.807) is 6.07 Å². The highest BCUT2D eigenvalue weighted by Crippen LogP contribution is 2.35. The van der Waals surface area contributed by atoms with Gasteiger partial charge in [0.1, 0.15) is 0 Å². The number of ketones is 1. The standard InChI is InChI=1S/C17H23NO3/c1-12-4-2-7-17(18,11-12)16(19)13-5-6-14-15(10-13)21-9-3-8-20-14/h5-6,10,12H,2-4,7-9,11,18H2,1H3. The van der Waals surface area contributed by atoms with Crippen molar-refractivity contribution in [3.8, 4) is 11.5 Å². The van der Waals surface area contributed by atoms with E-state index in [1.807, 2.05) is 12.1 Å². The molecule has 0 amide bonds. The van der Waals surface area contributed by atoms with Crippen LogP contribution in [-0.4, -0.2) is 24.5 Å². The van der Waals surface area contributed by atoms with Gasteiger partial charge in [-0.15, -0.1) is 0 Å². The maximum Gasteiger partial charge on any atom is 0.182 e. The molecule has 4 nitrogen and oxygen atoms in total. The third kappa shape index (κ3) is 2.91. The van der Waals surface area contributed by atoms with Crippen molar-refractivity contribution in [3.05, 3.63) is 23.8 Å². The summed E-state index contributed by atoms with van der Waals surface area (Å²) in [5.74, 6) is 1.91. The van der Waals surface area contributed by atoms with Crippen LogP contribution in [0.15, 0.2) is 18.2 Å². The van der Waals surface area contributed by atoms with Gasteiger partial charge < -0.3 is 15.2 Å². The predicted octanol–water partition coefficient (Wildman–Crippen LogP) is 2.94. The lowest BCUT2D eigenvalue weighted by molar-refractivity contribution is 0.0819. The van der Waals surface area contributed by atoms with Crippen LogP contribution in [0.2, 0.25) is 0 Å². The molecule has 0 aromatic heterocycles. The second-order valence-electron chi connectivity index (χ2n) is 6.40. The molecular weight excluding hydrogens is 266 g/mol. The fraction of sp³-hybridized carbons (Fsp3) is 0.588. The summed E-state index contributed by atoms with van der Waals surface area (Å²) < 4.78 is 11.3. The lowest BCUT2D eigenvalue weighted by atomic mass is 9.73. The average Bonchev–Trinajstić information content (AvgIpc) is 2.70. The van der Waals surface area contributed by atoms with Gasteiger partial charge in [-0.05, 0) is 37.0 Å². The van der Waals surface area contributed by atoms with Crippen molar-refractivity contribution < 1.29 is 14.3 Å². The summed E-state index contributed by atoms with van der Waals surface area (Å²) in [7, 11) is 0. The first-order chi connectivity index (χ1) is 10.1. The summed E-state index contributed by atoms with van der Waals surface area (Å²) in [6.07, 6.45) is 4.57. The minimum atomic E-state index is -0.725. The Morgan fingerprint density at radius 3 is 2.76 bits per heavy atom. The number of hydrogen-bond acceptors (Lipinski definition) is 4. The zero-order valence-corrected chi connectivity index (χ0v) is 12.6. The summed E-state index contributed by atoms with van der Waals surface area (Å²) in [5, 5.41) is 0. The Labute approximate surface area is 125 Å². The molecule has 114 valence electrons. The van der Waals surface area contributed by atoms with E-state index in [0.29, 0.717) is 36.2 Å². The van der Waals surface area contributed by atoms with Gasteiger partial charge in [0.05, 0.1) is 18.8 Å². The number of carbonyl (C=O) groups is 1. The number of fused-ring (bicyclic) bond motifs is 1. The molecule has 1 aliphatic carbocycles. The van der Waals surface area contributed by atoms with Gasteiger partial charge in [0.25, 0.3) is 0 Å². The number of rotatable bonds is 2. The fourth-order valence-electron chi connectivity index (χ4n) is 3.39. The third-order valence-corrected chi connectivity index (χ3v) is 4.49. The smallest absolute Gasteiger partial charge is 0.182 e. The lowest BCUT2D eigenvalue weighted by Crippen LogP contribution is -2.51. The van der Waals surface area contributed by atoms with Crippen LogP contribution < -0.4 is 15.2 Å². The van der Waals surface area contributed by atoms with Gasteiger partial charge in [-0.25, -0.2) is 0 Å². The van der Waals surface area contributed by atoms with Gasteiger partial charge in [-0.1, -0.05) is 19.8 Å². The van der Waals surface area contributed by atoms with Crippen LogP contribution in [0.5, 0.6) is 11.5 Å². The minimum absolute atomic E-state index is 0.0321. The topological polar surface area (TPSA) is 61.6 Å². The van der Waals surface area contributed by atoms with E-state index in [4.69, 9.17) is 15.2 Å². The number of Topliss-reactive ketones (excluding diaryl/α,β-unsaturated/α-hetero) is 1. The summed E-state index contributed by atoms with van der Waals surface area (Å²) in [6.45, 7) is 3.44. The van der Waals surface area contributed by atoms with Crippen molar-refractivity contribution in [1.82, 2.24) is 0 Å². The molecule has 1 fully saturated rings. The molecule has 21 heavy (non-hydrogen) atoms. The lowest BCUT2D eigenvalue weighted by Gasteiger charge is -2.35. The summed E-state index contributed by atoms with van der Waals surface area (Å²) in [6, 6.07) is 5.42. The normalized spacial score (nSPS) is 28.8. The van der Waals surface area contributed by atoms with E-state index in [2.05, 4.69) is 6.92 Å². The monoisotopic (exact) mass is 289 g/mol. The van der Waals surface area contributed by atoms with Crippen LogP contribution in [0.25, 0.3) is 0 Å². The Morgan fingerprint density at radius 1 is 1.24 bits per heavy atom. The van der Waals surface area contributed by atoms with Gasteiger partial charge >= 0.3 is 0 Å². The molecule has 0 radical (unpaired) electrons. The third-order valence-electron chi connectivity index (χ3n) is 4.49. The van der Waals surface area contributed by atoms with Crippen LogP contribution in [0.4, 0.5) is 0 Å². The van der Waals surface area contributed by atoms with Gasteiger partial charge in [0, 0.05) is 12.0 Å². The van der Waals surface area contributed by atoms with Crippen molar-refractivity contribution in [2.75, 3.05) is 13.2 Å². The fourth-order valence-corrected chi connectivity index (χ4v) is 3.39. The number of carbonyl (C=O) groups excluding carboxylic acids is 1. The molecule has 2 N–H and O–H groups in total. The van der Waals surface area contributed by atoms with Crippen molar-refractivity contribution >= 4 is 5.78 Å². The van der Waals surface area contributed by atoms with E-state index in [1.165, 1.54) is 0 Å². The summed E-state index contributed by atoms with van der Waals surface area (Å²) >= 11 is 0. The predicted molar refractivity (Wildman–Crippen MR) is 80.9 cm³/mol. The highest BCUT2D eigenvalue weighted by Gasteiger charge is 2.38. The molecule has 1 heterocycles. The zero-order chi connectivity index (χ0) is 14.9. The Balaban J connectivity index is 1.86. The van der Waals surface area contributed by atoms with Crippen molar-refractivity contribution in [3.63, 3.8) is 0 Å². The Morgan fingerprint density at radius 2 is 2.00 bits per heavy atom. The van der Waals surface area contributed by atoms with E-state index in [0.717, 1.165) is 32.1 Å². The molecule has 3 rings (SSSR count). The second-order valence-corrected chi connectivity index (χ2v) is 6.40. The summed E-state index contributed by atoms with van der Waals surface area (Å²) in [4.78, 5) is 12.8. The van der Waals surface area contributed by atoms with E-state index >= 15 is 0 Å². The number of nitrogens with two attached hydrogens (primary N) is 1. The SMILES string of the molecule is CC1CCCC(N)(C(=O)c2ccc3c(c2)OCCCO3)C1. The van der Waals surface area contributed by atoms with Crippen LogP contribution in [-0.2, 0) is 0 Å². The average molecular weight is 289 g/mol. The molecule has 0 saturated heterocycles. The molecule has 1 aromatic rings. The first kappa shape index (κ1) is 14.4. The Hall–Kier alpha value is -1.55. The highest BCUT2D eigenvalue weighted by atomic mass is 16.5. The van der Waals surface area contributed by atoms with Gasteiger partial charge in [0.2, 0.25) is 0 Å². The minimum Gasteiger partial charge on any atom is -0.490 e. The molecule has 2 atom stereocenters. The van der Waals surface area contributed by atoms with Crippen LogP contribution in [0.3, 0.4) is 0 Å². The summed E-state index contributed by atoms with van der Waals surface area (Å²) in [5.41, 5.74) is 6.32. The van der Waals surface area contributed by atoms with Crippen LogP contribution >= 0.6 is 0 Å². The van der Waals surface area contributed by atoms with E-state index in [9.17, 15) is 4.79 Å². The molecule has 0 bridgehead atoms. The first-order valence-electron chi connectivity index (χ1n) is 7.82. The van der Waals surface area contributed by atoms with Crippen molar-refractivity contribution in [2.24, 2.45) is 11.7 Å². The molecule has 2 aliphatic rings. The molecule has 4 heteroatoms. The van der Waals surface area contributed by atoms with Crippen LogP contribution in [0, 0.1) is 5.92 Å². The molecule has 2 unspecified atom stereocenters. The Kier molecular flexibility index (Phi) is 3.89. The van der Waals surface area contributed by atoms with E-state index in [-0.39, 0.29) is 5.78 Å². The van der Waals surface area contributed by atoms with Crippen molar-refractivity contribution in [2.45, 2.75) is 44.6 Å². The molecule has 1 aliphatic heterocycles. The molecule has 1 saturated carbocycles. The maximum atomic E-state index is 12.8. The van der Waals surface area contributed by atoms with Gasteiger partial charge in [-0.3, -0.25) is 4.79 Å². The molecule has 0 spiro atoms. The number of benzene rings is 1. The number of ether oxygens (including phenoxy) is 2. The van der Waals surface area contributed by atoms with Crippen molar-refractivity contribution in [1.29, 1.82) is 0 Å². The van der Waals surface area contributed by atoms with E-state index < -0.39 is 5.54 Å². The first-order valence-corrected chi connectivity index (χ1v) is 7.82. The molecule has 1 aromatic carbocycles. The maximum absolute atomic E-state index is 12.8. The molecular formula is C17H23NO3.